The van der Waals surface area contributed by atoms with Gasteiger partial charge in [0.05, 0.1) is 25.4 Å². The molecule has 0 saturated heterocycles. The zero-order valence-corrected chi connectivity index (χ0v) is 13.6. The zero-order valence-electron chi connectivity index (χ0n) is 13.6. The molecule has 0 N–H and O–H groups in total. The first kappa shape index (κ1) is 20.0. The number of methoxy groups -OCH3 is 6. The average Bonchev–Trinajstić information content (AvgIpc) is 2.55. The standard InChI is InChI=1S/C14H26O7/c1-15-13(16-2,17-3)9-7-11-21-12-8-10-14(18-4,19-5)20-6/h7-8,11-12H,9-10H2,1-6H3. The summed E-state index contributed by atoms with van der Waals surface area (Å²) in [6, 6.07) is 0. The van der Waals surface area contributed by atoms with Crippen molar-refractivity contribution in [2.45, 2.75) is 24.8 Å². The molecule has 0 heterocycles. The SMILES string of the molecule is COC(CC=COC=CCC(OC)(OC)OC)(OC)OC. The molecule has 124 valence electrons. The van der Waals surface area contributed by atoms with Crippen molar-refractivity contribution in [1.82, 2.24) is 0 Å². The van der Waals surface area contributed by atoms with Gasteiger partial charge in [0.15, 0.2) is 0 Å². The molecule has 21 heavy (non-hydrogen) atoms. The fraction of sp³-hybridized carbons (Fsp3) is 0.714. The van der Waals surface area contributed by atoms with E-state index in [9.17, 15) is 0 Å². The van der Waals surface area contributed by atoms with E-state index in [1.54, 1.807) is 12.2 Å². The molecule has 0 bridgehead atoms. The first-order chi connectivity index (χ1) is 10.1. The second-order valence-corrected chi connectivity index (χ2v) is 3.88. The van der Waals surface area contributed by atoms with Crippen LogP contribution in [0.5, 0.6) is 0 Å². The lowest BCUT2D eigenvalue weighted by molar-refractivity contribution is -0.349. The van der Waals surface area contributed by atoms with Gasteiger partial charge in [-0.25, -0.2) is 0 Å². The van der Waals surface area contributed by atoms with Gasteiger partial charge in [-0.2, -0.15) is 0 Å². The van der Waals surface area contributed by atoms with Crippen LogP contribution in [-0.4, -0.2) is 54.6 Å². The summed E-state index contributed by atoms with van der Waals surface area (Å²) in [5, 5.41) is 0. The van der Waals surface area contributed by atoms with Crippen LogP contribution < -0.4 is 0 Å². The summed E-state index contributed by atoms with van der Waals surface area (Å²) in [6.07, 6.45) is 7.19. The topological polar surface area (TPSA) is 64.6 Å². The fourth-order valence-electron chi connectivity index (χ4n) is 1.54. The Labute approximate surface area is 126 Å². The van der Waals surface area contributed by atoms with E-state index in [-0.39, 0.29) is 0 Å². The van der Waals surface area contributed by atoms with Crippen LogP contribution in [0.1, 0.15) is 12.8 Å². The van der Waals surface area contributed by atoms with Crippen LogP contribution in [0.25, 0.3) is 0 Å². The predicted octanol–water partition coefficient (Wildman–Crippen LogP) is 2.00. The van der Waals surface area contributed by atoms with Crippen LogP contribution >= 0.6 is 0 Å². The smallest absolute Gasteiger partial charge is 0.285 e. The number of rotatable bonds is 12. The minimum atomic E-state index is -1.10. The molecule has 7 nitrogen and oxygen atoms in total. The Morgan fingerprint density at radius 3 is 1.10 bits per heavy atom. The van der Waals surface area contributed by atoms with Gasteiger partial charge < -0.3 is 33.2 Å². The van der Waals surface area contributed by atoms with Gasteiger partial charge in [0.2, 0.25) is 0 Å². The third-order valence-corrected chi connectivity index (χ3v) is 2.95. The Kier molecular flexibility index (Phi) is 10.2. The van der Waals surface area contributed by atoms with Gasteiger partial charge in [0.25, 0.3) is 11.9 Å². The molecule has 0 aliphatic rings. The van der Waals surface area contributed by atoms with Crippen molar-refractivity contribution < 1.29 is 33.2 Å². The largest absolute Gasteiger partial charge is 0.473 e. The minimum Gasteiger partial charge on any atom is -0.473 e. The van der Waals surface area contributed by atoms with E-state index in [0.29, 0.717) is 12.8 Å². The maximum Gasteiger partial charge on any atom is 0.285 e. The van der Waals surface area contributed by atoms with Crippen molar-refractivity contribution in [2.24, 2.45) is 0 Å². The molecule has 0 atom stereocenters. The van der Waals surface area contributed by atoms with Gasteiger partial charge in [0, 0.05) is 42.7 Å². The normalized spacial score (nSPS) is 13.4. The fourth-order valence-corrected chi connectivity index (χ4v) is 1.54. The zero-order chi connectivity index (χ0) is 16.2. The van der Waals surface area contributed by atoms with Crippen LogP contribution in [0, 0.1) is 0 Å². The van der Waals surface area contributed by atoms with E-state index >= 15 is 0 Å². The van der Waals surface area contributed by atoms with Gasteiger partial charge >= 0.3 is 0 Å². The van der Waals surface area contributed by atoms with Gasteiger partial charge in [0.1, 0.15) is 0 Å². The van der Waals surface area contributed by atoms with Gasteiger partial charge in [-0.3, -0.25) is 0 Å². The predicted molar refractivity (Wildman–Crippen MR) is 76.1 cm³/mol. The average molecular weight is 306 g/mol. The summed E-state index contributed by atoms with van der Waals surface area (Å²) >= 11 is 0. The summed E-state index contributed by atoms with van der Waals surface area (Å²) in [5.74, 6) is -2.19. The number of hydrogen-bond donors (Lipinski definition) is 0. The van der Waals surface area contributed by atoms with Crippen LogP contribution in [-0.2, 0) is 33.2 Å². The van der Waals surface area contributed by atoms with Crippen molar-refractivity contribution in [2.75, 3.05) is 42.7 Å². The Morgan fingerprint density at radius 2 is 0.857 bits per heavy atom. The first-order valence-corrected chi connectivity index (χ1v) is 6.34. The summed E-state index contributed by atoms with van der Waals surface area (Å²) in [6.45, 7) is 0. The monoisotopic (exact) mass is 306 g/mol. The molecule has 0 saturated carbocycles. The van der Waals surface area contributed by atoms with Crippen molar-refractivity contribution >= 4 is 0 Å². The Balaban J connectivity index is 4.19. The molecule has 0 unspecified atom stereocenters. The molecule has 0 aromatic heterocycles. The highest BCUT2D eigenvalue weighted by Crippen LogP contribution is 2.18. The molecule has 0 radical (unpaired) electrons. The molecule has 0 aliphatic carbocycles. The van der Waals surface area contributed by atoms with E-state index < -0.39 is 11.9 Å². The van der Waals surface area contributed by atoms with Crippen molar-refractivity contribution in [3.8, 4) is 0 Å². The van der Waals surface area contributed by atoms with E-state index in [0.717, 1.165) is 0 Å². The molecule has 0 aromatic rings. The Hall–Kier alpha value is -0.960. The van der Waals surface area contributed by atoms with E-state index in [1.807, 2.05) is 0 Å². The quantitative estimate of drug-likeness (QED) is 0.403. The lowest BCUT2D eigenvalue weighted by Gasteiger charge is -2.27. The lowest BCUT2D eigenvalue weighted by atomic mass is 10.3. The van der Waals surface area contributed by atoms with E-state index in [1.165, 1.54) is 55.2 Å². The summed E-state index contributed by atoms with van der Waals surface area (Å²) < 4.78 is 36.0. The van der Waals surface area contributed by atoms with Crippen molar-refractivity contribution in [3.63, 3.8) is 0 Å². The van der Waals surface area contributed by atoms with Crippen LogP contribution in [0.3, 0.4) is 0 Å². The molecular weight excluding hydrogens is 280 g/mol. The highest BCUT2D eigenvalue weighted by Gasteiger charge is 2.28. The third kappa shape index (κ3) is 6.56. The van der Waals surface area contributed by atoms with Gasteiger partial charge in [-0.05, 0) is 12.2 Å². The molecule has 0 amide bonds. The maximum absolute atomic E-state index is 5.20. The number of ether oxygens (including phenoxy) is 7. The Morgan fingerprint density at radius 1 is 0.571 bits per heavy atom. The summed E-state index contributed by atoms with van der Waals surface area (Å²) in [4.78, 5) is 0. The maximum atomic E-state index is 5.20. The molecule has 0 rings (SSSR count). The third-order valence-electron chi connectivity index (χ3n) is 2.95. The van der Waals surface area contributed by atoms with Gasteiger partial charge in [-0.15, -0.1) is 0 Å². The minimum absolute atomic E-state index is 0.377. The van der Waals surface area contributed by atoms with E-state index in [4.69, 9.17) is 33.2 Å². The lowest BCUT2D eigenvalue weighted by Crippen LogP contribution is -2.35. The second kappa shape index (κ2) is 10.7. The van der Waals surface area contributed by atoms with Crippen LogP contribution in [0.4, 0.5) is 0 Å². The first-order valence-electron chi connectivity index (χ1n) is 6.34. The van der Waals surface area contributed by atoms with E-state index in [2.05, 4.69) is 0 Å². The van der Waals surface area contributed by atoms with Crippen molar-refractivity contribution in [3.05, 3.63) is 24.7 Å². The molecule has 0 aliphatic heterocycles. The van der Waals surface area contributed by atoms with Crippen LogP contribution in [0.2, 0.25) is 0 Å². The molecule has 0 fully saturated rings. The highest BCUT2D eigenvalue weighted by atomic mass is 16.9. The summed E-state index contributed by atoms with van der Waals surface area (Å²) in [5.41, 5.74) is 0. The van der Waals surface area contributed by atoms with Crippen LogP contribution in [0.15, 0.2) is 24.7 Å². The molecule has 0 aromatic carbocycles. The van der Waals surface area contributed by atoms with Crippen molar-refractivity contribution in [1.29, 1.82) is 0 Å². The molecular formula is C14H26O7. The molecule has 0 spiro atoms. The molecule has 7 heteroatoms. The second-order valence-electron chi connectivity index (χ2n) is 3.88. The highest BCUT2D eigenvalue weighted by molar-refractivity contribution is 4.84. The Bertz CT molecular complexity index is 260. The number of hydrogen-bond acceptors (Lipinski definition) is 7. The summed E-state index contributed by atoms with van der Waals surface area (Å²) in [7, 11) is 9.01. The van der Waals surface area contributed by atoms with Gasteiger partial charge in [-0.1, -0.05) is 0 Å².